The number of ketones is 2. The maximum Gasteiger partial charge on any atom is 0.162 e. The van der Waals surface area contributed by atoms with Crippen LogP contribution in [0.3, 0.4) is 0 Å². The highest BCUT2D eigenvalue weighted by molar-refractivity contribution is 6.10. The number of hydrogen-bond acceptors (Lipinski definition) is 3. The Morgan fingerprint density at radius 2 is 1.71 bits per heavy atom. The Morgan fingerprint density at radius 1 is 1.14 bits per heavy atom. The molecule has 0 heterocycles. The molecule has 0 aliphatic rings. The minimum absolute atomic E-state index is 0.134. The van der Waals surface area contributed by atoms with Crippen molar-refractivity contribution in [1.82, 2.24) is 0 Å². The van der Waals surface area contributed by atoms with Crippen LogP contribution in [-0.4, -0.2) is 11.6 Å². The first kappa shape index (κ1) is 10.4. The first-order valence-electron chi connectivity index (χ1n) is 4.35. The Bertz CT molecular complexity index is 408. The van der Waals surface area contributed by atoms with Crippen molar-refractivity contribution in [2.24, 2.45) is 0 Å². The van der Waals surface area contributed by atoms with E-state index >= 15 is 0 Å². The number of Topliss-reactive ketones (excluding diaryl/α,β-unsaturated/α-hetero) is 2. The number of anilines is 1. The van der Waals surface area contributed by atoms with Crippen molar-refractivity contribution in [2.75, 3.05) is 5.73 Å². The van der Waals surface area contributed by atoms with E-state index < -0.39 is 0 Å². The molecule has 3 nitrogen and oxygen atoms in total. The third-order valence-electron chi connectivity index (χ3n) is 2.04. The maximum absolute atomic E-state index is 11.3. The highest BCUT2D eigenvalue weighted by atomic mass is 16.1. The van der Waals surface area contributed by atoms with E-state index in [1.165, 1.54) is 13.8 Å². The van der Waals surface area contributed by atoms with Crippen LogP contribution < -0.4 is 5.73 Å². The Kier molecular flexibility index (Phi) is 2.70. The van der Waals surface area contributed by atoms with Gasteiger partial charge in [0.05, 0.1) is 5.56 Å². The average molecular weight is 191 g/mol. The van der Waals surface area contributed by atoms with Gasteiger partial charge in [-0.2, -0.15) is 0 Å². The van der Waals surface area contributed by atoms with Gasteiger partial charge in [0, 0.05) is 11.3 Å². The van der Waals surface area contributed by atoms with E-state index in [-0.39, 0.29) is 11.6 Å². The minimum atomic E-state index is -0.173. The van der Waals surface area contributed by atoms with Crippen LogP contribution in [-0.2, 0) is 0 Å². The summed E-state index contributed by atoms with van der Waals surface area (Å²) in [5, 5.41) is 0. The molecule has 1 rings (SSSR count). The smallest absolute Gasteiger partial charge is 0.162 e. The number of carbonyl (C=O) groups is 2. The number of hydrogen-bond donors (Lipinski definition) is 1. The molecule has 0 unspecified atom stereocenters. The molecule has 0 bridgehead atoms. The molecule has 0 aromatic heterocycles. The summed E-state index contributed by atoms with van der Waals surface area (Å²) in [6, 6.07) is 3.39. The standard InChI is InChI=1S/C11H13NO2/c1-6-4-9(7(2)13)11(8(3)14)10(12)5-6/h4-5H,12H2,1-3H3. The van der Waals surface area contributed by atoms with E-state index in [4.69, 9.17) is 5.73 Å². The first-order valence-corrected chi connectivity index (χ1v) is 4.35. The zero-order chi connectivity index (χ0) is 10.9. The van der Waals surface area contributed by atoms with Gasteiger partial charge in [0.25, 0.3) is 0 Å². The Hall–Kier alpha value is -1.64. The molecule has 2 N–H and O–H groups in total. The number of benzene rings is 1. The van der Waals surface area contributed by atoms with E-state index in [1.807, 2.05) is 6.92 Å². The van der Waals surface area contributed by atoms with Crippen LogP contribution in [0.25, 0.3) is 0 Å². The molecule has 0 aliphatic heterocycles. The molecular formula is C11H13NO2. The fourth-order valence-corrected chi connectivity index (χ4v) is 1.49. The largest absolute Gasteiger partial charge is 0.398 e. The van der Waals surface area contributed by atoms with E-state index in [0.29, 0.717) is 16.8 Å². The predicted molar refractivity (Wildman–Crippen MR) is 55.6 cm³/mol. The van der Waals surface area contributed by atoms with Crippen LogP contribution in [0.1, 0.15) is 40.1 Å². The summed E-state index contributed by atoms with van der Waals surface area (Å²) in [6.07, 6.45) is 0. The zero-order valence-corrected chi connectivity index (χ0v) is 8.55. The van der Waals surface area contributed by atoms with Gasteiger partial charge in [-0.3, -0.25) is 9.59 Å². The number of carbonyl (C=O) groups excluding carboxylic acids is 2. The van der Waals surface area contributed by atoms with Gasteiger partial charge in [-0.15, -0.1) is 0 Å². The van der Waals surface area contributed by atoms with E-state index in [2.05, 4.69) is 0 Å². The lowest BCUT2D eigenvalue weighted by Gasteiger charge is -2.08. The third-order valence-corrected chi connectivity index (χ3v) is 2.04. The Balaban J connectivity index is 3.52. The summed E-state index contributed by atoms with van der Waals surface area (Å²) in [7, 11) is 0. The van der Waals surface area contributed by atoms with E-state index in [1.54, 1.807) is 12.1 Å². The minimum Gasteiger partial charge on any atom is -0.398 e. The molecule has 1 aromatic carbocycles. The van der Waals surface area contributed by atoms with Crippen molar-refractivity contribution >= 4 is 17.3 Å². The fourth-order valence-electron chi connectivity index (χ4n) is 1.49. The van der Waals surface area contributed by atoms with Gasteiger partial charge in [-0.05, 0) is 38.5 Å². The quantitative estimate of drug-likeness (QED) is 0.574. The second-order valence-corrected chi connectivity index (χ2v) is 3.39. The van der Waals surface area contributed by atoms with Crippen molar-refractivity contribution in [3.05, 3.63) is 28.8 Å². The van der Waals surface area contributed by atoms with Crippen LogP contribution in [0.4, 0.5) is 5.69 Å². The van der Waals surface area contributed by atoms with Crippen LogP contribution in [0, 0.1) is 6.92 Å². The van der Waals surface area contributed by atoms with Crippen molar-refractivity contribution in [3.8, 4) is 0 Å². The summed E-state index contributed by atoms with van der Waals surface area (Å²) in [4.78, 5) is 22.5. The lowest BCUT2D eigenvalue weighted by Crippen LogP contribution is -2.08. The molecule has 0 saturated heterocycles. The molecule has 3 heteroatoms. The Morgan fingerprint density at radius 3 is 2.14 bits per heavy atom. The van der Waals surface area contributed by atoms with Crippen LogP contribution in [0.15, 0.2) is 12.1 Å². The van der Waals surface area contributed by atoms with Crippen molar-refractivity contribution in [3.63, 3.8) is 0 Å². The van der Waals surface area contributed by atoms with Gasteiger partial charge in [-0.1, -0.05) is 0 Å². The first-order chi connectivity index (χ1) is 6.43. The normalized spacial score (nSPS) is 9.93. The van der Waals surface area contributed by atoms with Gasteiger partial charge in [-0.25, -0.2) is 0 Å². The molecule has 0 saturated carbocycles. The van der Waals surface area contributed by atoms with Crippen LogP contribution in [0.5, 0.6) is 0 Å². The van der Waals surface area contributed by atoms with E-state index in [9.17, 15) is 9.59 Å². The summed E-state index contributed by atoms with van der Waals surface area (Å²) in [5.74, 6) is -0.307. The summed E-state index contributed by atoms with van der Waals surface area (Å²) < 4.78 is 0. The fraction of sp³-hybridized carbons (Fsp3) is 0.273. The van der Waals surface area contributed by atoms with Gasteiger partial charge in [0.15, 0.2) is 11.6 Å². The highest BCUT2D eigenvalue weighted by Gasteiger charge is 2.14. The van der Waals surface area contributed by atoms with Gasteiger partial charge in [0.1, 0.15) is 0 Å². The third kappa shape index (κ3) is 1.82. The molecule has 74 valence electrons. The number of aryl methyl sites for hydroxylation is 1. The lowest BCUT2D eigenvalue weighted by molar-refractivity contribution is 0.0981. The molecule has 0 radical (unpaired) electrons. The molecule has 0 amide bonds. The zero-order valence-electron chi connectivity index (χ0n) is 8.55. The van der Waals surface area contributed by atoms with Gasteiger partial charge in [0.2, 0.25) is 0 Å². The molecule has 1 aromatic rings. The van der Waals surface area contributed by atoms with Gasteiger partial charge >= 0.3 is 0 Å². The number of nitrogen functional groups attached to an aromatic ring is 1. The maximum atomic E-state index is 11.3. The molecule has 14 heavy (non-hydrogen) atoms. The highest BCUT2D eigenvalue weighted by Crippen LogP contribution is 2.20. The van der Waals surface area contributed by atoms with Crippen molar-refractivity contribution in [1.29, 1.82) is 0 Å². The summed E-state index contributed by atoms with van der Waals surface area (Å²) in [6.45, 7) is 4.68. The molecule has 0 atom stereocenters. The summed E-state index contributed by atoms with van der Waals surface area (Å²) >= 11 is 0. The van der Waals surface area contributed by atoms with Crippen molar-refractivity contribution in [2.45, 2.75) is 20.8 Å². The average Bonchev–Trinajstić information content (AvgIpc) is 2.01. The molecular weight excluding hydrogens is 178 g/mol. The number of nitrogens with two attached hydrogens (primary N) is 1. The molecule has 0 spiro atoms. The second kappa shape index (κ2) is 3.62. The molecule has 0 aliphatic carbocycles. The van der Waals surface area contributed by atoms with Crippen LogP contribution >= 0.6 is 0 Å². The van der Waals surface area contributed by atoms with Crippen LogP contribution in [0.2, 0.25) is 0 Å². The predicted octanol–water partition coefficient (Wildman–Crippen LogP) is 1.98. The van der Waals surface area contributed by atoms with Gasteiger partial charge < -0.3 is 5.73 Å². The SMILES string of the molecule is CC(=O)c1cc(C)cc(N)c1C(C)=O. The van der Waals surface area contributed by atoms with E-state index in [0.717, 1.165) is 5.56 Å². The Labute approximate surface area is 82.9 Å². The second-order valence-electron chi connectivity index (χ2n) is 3.39. The van der Waals surface area contributed by atoms with Crippen molar-refractivity contribution < 1.29 is 9.59 Å². The number of rotatable bonds is 2. The monoisotopic (exact) mass is 191 g/mol. The molecule has 0 fully saturated rings. The lowest BCUT2D eigenvalue weighted by atomic mass is 9.97. The summed E-state index contributed by atoms with van der Waals surface area (Å²) in [5.41, 5.74) is 7.70. The topological polar surface area (TPSA) is 60.2 Å².